The smallest absolute Gasteiger partial charge is 0.327 e. The minimum absolute atomic E-state index is 0.135. The second-order valence-electron chi connectivity index (χ2n) is 3.17. The first-order chi connectivity index (χ1) is 7.95. The van der Waals surface area contributed by atoms with Crippen LogP contribution >= 0.6 is 12.6 Å². The highest BCUT2D eigenvalue weighted by Gasteiger charge is 2.20. The molecule has 0 radical (unpaired) electrons. The van der Waals surface area contributed by atoms with Crippen molar-refractivity contribution in [3.05, 3.63) is 35.4 Å². The van der Waals surface area contributed by atoms with Gasteiger partial charge in [-0.3, -0.25) is 4.79 Å². The Hall–Kier alpha value is -1.63. The number of carboxylic acids is 1. The minimum atomic E-state index is -1.28. The molecule has 1 amide bonds. The molecule has 0 bridgehead atoms. The first-order valence-corrected chi connectivity index (χ1v) is 5.18. The van der Waals surface area contributed by atoms with E-state index in [2.05, 4.69) is 17.9 Å². The summed E-state index contributed by atoms with van der Waals surface area (Å²) >= 11 is 3.73. The van der Waals surface area contributed by atoms with Crippen molar-refractivity contribution < 1.29 is 23.5 Å². The number of benzene rings is 1. The highest BCUT2D eigenvalue weighted by molar-refractivity contribution is 7.80. The topological polar surface area (TPSA) is 66.4 Å². The number of amides is 1. The summed E-state index contributed by atoms with van der Waals surface area (Å²) in [4.78, 5) is 22.1. The number of carbonyl (C=O) groups excluding carboxylic acids is 1. The van der Waals surface area contributed by atoms with Gasteiger partial charge in [-0.25, -0.2) is 13.6 Å². The van der Waals surface area contributed by atoms with E-state index in [0.29, 0.717) is 6.07 Å². The lowest BCUT2D eigenvalue weighted by atomic mass is 10.2. The van der Waals surface area contributed by atoms with E-state index in [4.69, 9.17) is 5.11 Å². The van der Waals surface area contributed by atoms with Gasteiger partial charge in [0.15, 0.2) is 0 Å². The van der Waals surface area contributed by atoms with Crippen LogP contribution in [0.15, 0.2) is 18.2 Å². The molecule has 7 heteroatoms. The maximum Gasteiger partial charge on any atom is 0.327 e. The van der Waals surface area contributed by atoms with Crippen LogP contribution in [0.1, 0.15) is 10.4 Å². The number of carboxylic acid groups (broad SMARTS) is 1. The molecule has 2 N–H and O–H groups in total. The van der Waals surface area contributed by atoms with Gasteiger partial charge in [0, 0.05) is 11.8 Å². The molecule has 0 aromatic heterocycles. The summed E-state index contributed by atoms with van der Waals surface area (Å²) < 4.78 is 25.8. The molecule has 0 aliphatic rings. The molecule has 1 aromatic carbocycles. The summed E-state index contributed by atoms with van der Waals surface area (Å²) in [7, 11) is 0. The van der Waals surface area contributed by atoms with Crippen LogP contribution in [0.3, 0.4) is 0 Å². The number of hydrogen-bond acceptors (Lipinski definition) is 3. The molecule has 4 nitrogen and oxygen atoms in total. The second-order valence-corrected chi connectivity index (χ2v) is 3.54. The number of aliphatic carboxylic acids is 1. The van der Waals surface area contributed by atoms with Crippen molar-refractivity contribution in [3.8, 4) is 0 Å². The number of halogens is 2. The molecule has 1 aromatic rings. The SMILES string of the molecule is O=C(N[C@@H](CS)C(=O)O)c1ccc(F)cc1F. The van der Waals surface area contributed by atoms with Crippen molar-refractivity contribution >= 4 is 24.5 Å². The van der Waals surface area contributed by atoms with Crippen LogP contribution in [0, 0.1) is 11.6 Å². The van der Waals surface area contributed by atoms with Crippen LogP contribution in [0.25, 0.3) is 0 Å². The highest BCUT2D eigenvalue weighted by atomic mass is 32.1. The molecule has 0 heterocycles. The van der Waals surface area contributed by atoms with E-state index in [9.17, 15) is 18.4 Å². The standard InChI is InChI=1S/C10H9F2NO3S/c11-5-1-2-6(7(12)3-5)9(14)13-8(4-17)10(15)16/h1-3,8,17H,4H2,(H,13,14)(H,15,16)/t8-/m0/s1. The largest absolute Gasteiger partial charge is 0.480 e. The van der Waals surface area contributed by atoms with Crippen molar-refractivity contribution in [2.45, 2.75) is 6.04 Å². The Morgan fingerprint density at radius 3 is 2.53 bits per heavy atom. The first-order valence-electron chi connectivity index (χ1n) is 4.55. The van der Waals surface area contributed by atoms with Crippen LogP contribution in [0.5, 0.6) is 0 Å². The number of nitrogens with one attached hydrogen (secondary N) is 1. The second kappa shape index (κ2) is 5.62. The van der Waals surface area contributed by atoms with E-state index in [-0.39, 0.29) is 5.75 Å². The average molecular weight is 261 g/mol. The normalized spacial score (nSPS) is 11.9. The fraction of sp³-hybridized carbons (Fsp3) is 0.200. The van der Waals surface area contributed by atoms with Crippen LogP contribution in [-0.4, -0.2) is 28.8 Å². The van der Waals surface area contributed by atoms with Gasteiger partial charge in [0.25, 0.3) is 5.91 Å². The fourth-order valence-electron chi connectivity index (χ4n) is 1.10. The third kappa shape index (κ3) is 3.42. The molecule has 0 saturated carbocycles. The highest BCUT2D eigenvalue weighted by Crippen LogP contribution is 2.09. The van der Waals surface area contributed by atoms with E-state index in [1.54, 1.807) is 0 Å². The molecule has 1 atom stereocenters. The number of rotatable bonds is 4. The summed E-state index contributed by atoms with van der Waals surface area (Å²) in [6, 6.07) is 1.17. The van der Waals surface area contributed by atoms with Crippen molar-refractivity contribution in [1.82, 2.24) is 5.32 Å². The molecule has 0 aliphatic heterocycles. The predicted molar refractivity (Wildman–Crippen MR) is 59.1 cm³/mol. The summed E-state index contributed by atoms with van der Waals surface area (Å²) in [6.07, 6.45) is 0. The zero-order valence-corrected chi connectivity index (χ0v) is 9.38. The van der Waals surface area contributed by atoms with Crippen molar-refractivity contribution in [1.29, 1.82) is 0 Å². The van der Waals surface area contributed by atoms with Crippen LogP contribution in [0.4, 0.5) is 8.78 Å². The maximum atomic E-state index is 13.2. The van der Waals surface area contributed by atoms with E-state index < -0.39 is 35.1 Å². The monoisotopic (exact) mass is 261 g/mol. The van der Waals surface area contributed by atoms with Gasteiger partial charge in [0.2, 0.25) is 0 Å². The van der Waals surface area contributed by atoms with Gasteiger partial charge in [-0.1, -0.05) is 0 Å². The Morgan fingerprint density at radius 1 is 1.41 bits per heavy atom. The fourth-order valence-corrected chi connectivity index (χ4v) is 1.34. The lowest BCUT2D eigenvalue weighted by Crippen LogP contribution is -2.42. The molecule has 92 valence electrons. The Balaban J connectivity index is 2.86. The molecule has 0 fully saturated rings. The Bertz CT molecular complexity index is 453. The third-order valence-corrected chi connectivity index (χ3v) is 2.33. The van der Waals surface area contributed by atoms with Gasteiger partial charge in [-0.2, -0.15) is 12.6 Å². The van der Waals surface area contributed by atoms with E-state index >= 15 is 0 Å². The van der Waals surface area contributed by atoms with Crippen LogP contribution in [-0.2, 0) is 4.79 Å². The van der Waals surface area contributed by atoms with E-state index in [0.717, 1.165) is 12.1 Å². The van der Waals surface area contributed by atoms with E-state index in [1.807, 2.05) is 0 Å². The summed E-state index contributed by atoms with van der Waals surface area (Å²) in [5.74, 6) is -4.21. The zero-order chi connectivity index (χ0) is 13.0. The predicted octanol–water partition coefficient (Wildman–Crippen LogP) is 1.08. The molecule has 0 saturated heterocycles. The van der Waals surface area contributed by atoms with Crippen molar-refractivity contribution in [3.63, 3.8) is 0 Å². The number of hydrogen-bond donors (Lipinski definition) is 3. The van der Waals surface area contributed by atoms with E-state index in [1.165, 1.54) is 0 Å². The van der Waals surface area contributed by atoms with Gasteiger partial charge in [0.1, 0.15) is 17.7 Å². The first kappa shape index (κ1) is 13.4. The lowest BCUT2D eigenvalue weighted by Gasteiger charge is -2.12. The molecule has 1 rings (SSSR count). The summed E-state index contributed by atoms with van der Waals surface area (Å²) in [5.41, 5.74) is -0.417. The molecular formula is C10H9F2NO3S. The zero-order valence-electron chi connectivity index (χ0n) is 8.48. The quantitative estimate of drug-likeness (QED) is 0.710. The molecule has 0 unspecified atom stereocenters. The maximum absolute atomic E-state index is 13.2. The Morgan fingerprint density at radius 2 is 2.06 bits per heavy atom. The van der Waals surface area contributed by atoms with Gasteiger partial charge >= 0.3 is 5.97 Å². The van der Waals surface area contributed by atoms with Gasteiger partial charge < -0.3 is 10.4 Å². The summed E-state index contributed by atoms with van der Waals surface area (Å²) in [5, 5.41) is 10.7. The number of carbonyl (C=O) groups is 2. The summed E-state index contributed by atoms with van der Waals surface area (Å²) in [6.45, 7) is 0. The van der Waals surface area contributed by atoms with Crippen LogP contribution < -0.4 is 5.32 Å². The van der Waals surface area contributed by atoms with Gasteiger partial charge in [-0.15, -0.1) is 0 Å². The lowest BCUT2D eigenvalue weighted by molar-refractivity contribution is -0.138. The average Bonchev–Trinajstić information content (AvgIpc) is 2.24. The molecule has 0 aliphatic carbocycles. The minimum Gasteiger partial charge on any atom is -0.480 e. The van der Waals surface area contributed by atoms with Gasteiger partial charge in [-0.05, 0) is 12.1 Å². The Kier molecular flexibility index (Phi) is 4.45. The third-order valence-electron chi connectivity index (χ3n) is 1.96. The van der Waals surface area contributed by atoms with Crippen molar-refractivity contribution in [2.75, 3.05) is 5.75 Å². The van der Waals surface area contributed by atoms with Gasteiger partial charge in [0.05, 0.1) is 5.56 Å². The molecule has 17 heavy (non-hydrogen) atoms. The van der Waals surface area contributed by atoms with Crippen LogP contribution in [0.2, 0.25) is 0 Å². The number of thiol groups is 1. The Labute approximate surface area is 101 Å². The molecule has 0 spiro atoms. The van der Waals surface area contributed by atoms with Crippen molar-refractivity contribution in [2.24, 2.45) is 0 Å². The molecular weight excluding hydrogens is 252 g/mol.